The number of halogens is 3. The molecule has 0 spiro atoms. The second-order valence-electron chi connectivity index (χ2n) is 4.97. The molecule has 0 radical (unpaired) electrons. The van der Waals surface area contributed by atoms with Crippen molar-refractivity contribution in [2.45, 2.75) is 8.87 Å². The monoisotopic (exact) mass is 419 g/mol. The van der Waals surface area contributed by atoms with Crippen molar-refractivity contribution in [3.05, 3.63) is 59.7 Å². The molecule has 130 valence electrons. The summed E-state index contributed by atoms with van der Waals surface area (Å²) in [7, 11) is -4.32. The van der Waals surface area contributed by atoms with E-state index >= 15 is 0 Å². The number of hydrogen-bond acceptors (Lipinski definition) is 5. The molecule has 0 atom stereocenters. The SMILES string of the molecule is O=C1c2ccccc2C(=O)N1c1ccc(S(=O)(=O)OC(Cl)(Cl)Cl)cc1. The zero-order valence-electron chi connectivity index (χ0n) is 12.1. The minimum Gasteiger partial charge on any atom is -0.268 e. The van der Waals surface area contributed by atoms with Gasteiger partial charge in [0.25, 0.3) is 11.8 Å². The van der Waals surface area contributed by atoms with Gasteiger partial charge in [0.1, 0.15) is 0 Å². The van der Waals surface area contributed by atoms with Crippen LogP contribution in [0.4, 0.5) is 5.69 Å². The molecular weight excluding hydrogens is 413 g/mol. The zero-order valence-corrected chi connectivity index (χ0v) is 15.2. The molecular formula is C15H8Cl3NO5S. The second kappa shape index (κ2) is 6.26. The van der Waals surface area contributed by atoms with Crippen LogP contribution >= 0.6 is 34.8 Å². The van der Waals surface area contributed by atoms with Gasteiger partial charge in [-0.1, -0.05) is 46.9 Å². The van der Waals surface area contributed by atoms with E-state index in [0.29, 0.717) is 0 Å². The molecule has 0 N–H and O–H groups in total. The van der Waals surface area contributed by atoms with E-state index in [-0.39, 0.29) is 21.7 Å². The minimum absolute atomic E-state index is 0.207. The predicted octanol–water partition coefficient (Wildman–Crippen LogP) is 3.52. The van der Waals surface area contributed by atoms with E-state index in [1.165, 1.54) is 12.1 Å². The summed E-state index contributed by atoms with van der Waals surface area (Å²) >= 11 is 16.0. The summed E-state index contributed by atoms with van der Waals surface area (Å²) in [4.78, 5) is 25.4. The van der Waals surface area contributed by atoms with Crippen molar-refractivity contribution in [1.82, 2.24) is 0 Å². The Morgan fingerprint density at radius 3 is 1.76 bits per heavy atom. The number of fused-ring (bicyclic) bond motifs is 1. The molecule has 3 rings (SSSR count). The van der Waals surface area contributed by atoms with E-state index < -0.39 is 25.9 Å². The fourth-order valence-corrected chi connectivity index (χ4v) is 3.92. The number of alkyl halides is 3. The average Bonchev–Trinajstić information content (AvgIpc) is 2.77. The van der Waals surface area contributed by atoms with Crippen LogP contribution in [0.2, 0.25) is 0 Å². The third-order valence-corrected chi connectivity index (χ3v) is 5.21. The molecule has 2 amide bonds. The number of imide groups is 1. The van der Waals surface area contributed by atoms with Crippen LogP contribution in [0.1, 0.15) is 20.7 Å². The zero-order chi connectivity index (χ0) is 18.4. The van der Waals surface area contributed by atoms with Crippen molar-refractivity contribution in [1.29, 1.82) is 0 Å². The van der Waals surface area contributed by atoms with Crippen LogP contribution in [0.5, 0.6) is 0 Å². The predicted molar refractivity (Wildman–Crippen MR) is 92.6 cm³/mol. The van der Waals surface area contributed by atoms with Crippen LogP contribution in [0.15, 0.2) is 53.4 Å². The lowest BCUT2D eigenvalue weighted by molar-refractivity contribution is 0.0926. The molecule has 1 aliphatic rings. The summed E-state index contributed by atoms with van der Waals surface area (Å²) in [5.41, 5.74) is 0.770. The van der Waals surface area contributed by atoms with Crippen LogP contribution in [-0.4, -0.2) is 24.2 Å². The molecule has 25 heavy (non-hydrogen) atoms. The molecule has 0 unspecified atom stereocenters. The van der Waals surface area contributed by atoms with Gasteiger partial charge in [0.2, 0.25) is 0 Å². The highest BCUT2D eigenvalue weighted by atomic mass is 35.6. The summed E-state index contributed by atoms with van der Waals surface area (Å²) in [6.45, 7) is 0. The van der Waals surface area contributed by atoms with Crippen molar-refractivity contribution in [3.63, 3.8) is 0 Å². The lowest BCUT2D eigenvalue weighted by Gasteiger charge is -2.15. The summed E-state index contributed by atoms with van der Waals surface area (Å²) < 4.78 is 25.9. The number of hydrogen-bond donors (Lipinski definition) is 0. The van der Waals surface area contributed by atoms with Gasteiger partial charge in [0.05, 0.1) is 21.7 Å². The molecule has 0 aromatic heterocycles. The molecule has 0 fully saturated rings. The number of amides is 2. The van der Waals surface area contributed by atoms with E-state index in [0.717, 1.165) is 17.0 Å². The number of carbonyl (C=O) groups is 2. The highest BCUT2D eigenvalue weighted by molar-refractivity contribution is 7.87. The third-order valence-electron chi connectivity index (χ3n) is 3.38. The van der Waals surface area contributed by atoms with Gasteiger partial charge in [-0.25, -0.2) is 9.08 Å². The van der Waals surface area contributed by atoms with Crippen LogP contribution in [0, 0.1) is 0 Å². The first-order chi connectivity index (χ1) is 11.6. The molecule has 0 bridgehead atoms. The van der Waals surface area contributed by atoms with E-state index in [2.05, 4.69) is 4.18 Å². The molecule has 10 heteroatoms. The van der Waals surface area contributed by atoms with Crippen molar-refractivity contribution >= 4 is 62.4 Å². The van der Waals surface area contributed by atoms with Gasteiger partial charge in [0.15, 0.2) is 0 Å². The number of rotatable bonds is 3. The van der Waals surface area contributed by atoms with Gasteiger partial charge in [-0.05, 0) is 36.4 Å². The van der Waals surface area contributed by atoms with Crippen LogP contribution < -0.4 is 4.90 Å². The second-order valence-corrected chi connectivity index (χ2v) is 8.69. The Hall–Kier alpha value is -1.64. The normalized spacial score (nSPS) is 14.8. The number of anilines is 1. The first kappa shape index (κ1) is 18.2. The van der Waals surface area contributed by atoms with Crippen LogP contribution in [0.25, 0.3) is 0 Å². The van der Waals surface area contributed by atoms with Crippen molar-refractivity contribution in [2.75, 3.05) is 4.90 Å². The maximum Gasteiger partial charge on any atom is 0.312 e. The van der Waals surface area contributed by atoms with E-state index in [1.807, 2.05) is 0 Å². The first-order valence-electron chi connectivity index (χ1n) is 6.70. The maximum atomic E-state index is 12.4. The minimum atomic E-state index is -4.32. The Bertz CT molecular complexity index is 932. The standard InChI is InChI=1S/C15H8Cl3NO5S/c16-15(17,18)24-25(22,23)10-7-5-9(6-8-10)19-13(20)11-3-1-2-4-12(11)14(19)21/h1-8H. The van der Waals surface area contributed by atoms with Crippen molar-refractivity contribution < 1.29 is 22.2 Å². The van der Waals surface area contributed by atoms with Gasteiger partial charge >= 0.3 is 14.1 Å². The Kier molecular flexibility index (Phi) is 4.55. The Morgan fingerprint density at radius 2 is 1.32 bits per heavy atom. The number of benzene rings is 2. The molecule has 1 heterocycles. The Labute approximate surface area is 158 Å². The topological polar surface area (TPSA) is 80.8 Å². The number of nitrogens with zero attached hydrogens (tertiary/aromatic N) is 1. The summed E-state index contributed by atoms with van der Waals surface area (Å²) in [5, 5.41) is 0. The van der Waals surface area contributed by atoms with E-state index in [1.54, 1.807) is 24.3 Å². The lowest BCUT2D eigenvalue weighted by atomic mass is 10.1. The van der Waals surface area contributed by atoms with Crippen LogP contribution in [0.3, 0.4) is 0 Å². The largest absolute Gasteiger partial charge is 0.312 e. The van der Waals surface area contributed by atoms with Crippen molar-refractivity contribution in [2.24, 2.45) is 0 Å². The van der Waals surface area contributed by atoms with E-state index in [9.17, 15) is 18.0 Å². The lowest BCUT2D eigenvalue weighted by Crippen LogP contribution is -2.29. The molecule has 2 aromatic rings. The maximum absolute atomic E-state index is 12.4. The molecule has 0 aliphatic carbocycles. The summed E-state index contributed by atoms with van der Waals surface area (Å²) in [5.74, 6) is -0.984. The van der Waals surface area contributed by atoms with Gasteiger partial charge < -0.3 is 0 Å². The summed E-state index contributed by atoms with van der Waals surface area (Å²) in [6, 6.07) is 11.3. The molecule has 2 aromatic carbocycles. The quantitative estimate of drug-likeness (QED) is 0.431. The highest BCUT2D eigenvalue weighted by Crippen LogP contribution is 2.33. The smallest absolute Gasteiger partial charge is 0.268 e. The molecule has 6 nitrogen and oxygen atoms in total. The number of carbonyl (C=O) groups excluding carboxylic acids is 2. The third kappa shape index (κ3) is 3.51. The average molecular weight is 421 g/mol. The molecule has 1 aliphatic heterocycles. The summed E-state index contributed by atoms with van der Waals surface area (Å²) in [6.07, 6.45) is 0. The Morgan fingerprint density at radius 1 is 0.840 bits per heavy atom. The van der Waals surface area contributed by atoms with Gasteiger partial charge in [-0.3, -0.25) is 9.59 Å². The van der Waals surface area contributed by atoms with Gasteiger partial charge in [0, 0.05) is 0 Å². The Balaban J connectivity index is 1.92. The van der Waals surface area contributed by atoms with Crippen molar-refractivity contribution in [3.8, 4) is 0 Å². The molecule has 0 saturated carbocycles. The van der Waals surface area contributed by atoms with Gasteiger partial charge in [-0.15, -0.1) is 0 Å². The van der Waals surface area contributed by atoms with Gasteiger partial charge in [-0.2, -0.15) is 8.42 Å². The van der Waals surface area contributed by atoms with Crippen LogP contribution in [-0.2, 0) is 14.3 Å². The first-order valence-corrected chi connectivity index (χ1v) is 9.25. The fraction of sp³-hybridized carbons (Fsp3) is 0.0667. The molecule has 0 saturated heterocycles. The fourth-order valence-electron chi connectivity index (χ4n) is 2.36. The van der Waals surface area contributed by atoms with E-state index in [4.69, 9.17) is 34.8 Å². The highest BCUT2D eigenvalue weighted by Gasteiger charge is 2.36.